The van der Waals surface area contributed by atoms with Crippen molar-refractivity contribution in [1.82, 2.24) is 9.55 Å². The third-order valence-corrected chi connectivity index (χ3v) is 4.01. The molecule has 0 saturated heterocycles. The Labute approximate surface area is 136 Å². The highest BCUT2D eigenvalue weighted by atomic mass is 79.9. The molecular weight excluding hydrogens is 347 g/mol. The summed E-state index contributed by atoms with van der Waals surface area (Å²) in [6.45, 7) is 0.603. The van der Waals surface area contributed by atoms with Crippen molar-refractivity contribution in [3.8, 4) is 17.1 Å². The monoisotopic (exact) mass is 360 g/mol. The molecule has 0 unspecified atom stereocenters. The van der Waals surface area contributed by atoms with E-state index in [1.807, 2.05) is 35.0 Å². The Bertz CT molecular complexity index is 801. The van der Waals surface area contributed by atoms with Crippen LogP contribution in [-0.2, 0) is 6.54 Å². The molecule has 1 heterocycles. The Morgan fingerprint density at radius 3 is 2.82 bits per heavy atom. The maximum Gasteiger partial charge on any atom is 0.143 e. The van der Waals surface area contributed by atoms with Gasteiger partial charge < -0.3 is 9.30 Å². The Morgan fingerprint density at radius 2 is 2.05 bits per heavy atom. The fourth-order valence-electron chi connectivity index (χ4n) is 2.35. The molecule has 0 spiro atoms. The zero-order chi connectivity index (χ0) is 15.5. The van der Waals surface area contributed by atoms with E-state index in [4.69, 9.17) is 4.74 Å². The van der Waals surface area contributed by atoms with Crippen LogP contribution >= 0.6 is 15.9 Å². The highest BCUT2D eigenvalue weighted by molar-refractivity contribution is 9.10. The average Bonchev–Trinajstić information content (AvgIpc) is 2.99. The lowest BCUT2D eigenvalue weighted by Crippen LogP contribution is -2.02. The molecule has 3 rings (SSSR count). The van der Waals surface area contributed by atoms with E-state index in [1.165, 1.54) is 6.07 Å². The van der Waals surface area contributed by atoms with Crippen molar-refractivity contribution in [3.05, 3.63) is 70.7 Å². The molecule has 0 fully saturated rings. The minimum atomic E-state index is -0.265. The first-order valence-electron chi connectivity index (χ1n) is 6.77. The fourth-order valence-corrected chi connectivity index (χ4v) is 2.77. The average molecular weight is 361 g/mol. The largest absolute Gasteiger partial charge is 0.496 e. The second-order valence-corrected chi connectivity index (χ2v) is 5.68. The van der Waals surface area contributed by atoms with Gasteiger partial charge in [-0.25, -0.2) is 9.37 Å². The molecule has 112 valence electrons. The highest BCUT2D eigenvalue weighted by Gasteiger charge is 2.11. The molecule has 0 aliphatic carbocycles. The number of para-hydroxylation sites is 1. The van der Waals surface area contributed by atoms with Crippen LogP contribution < -0.4 is 4.74 Å². The van der Waals surface area contributed by atoms with E-state index in [9.17, 15) is 4.39 Å². The lowest BCUT2D eigenvalue weighted by molar-refractivity contribution is 0.416. The molecule has 0 aliphatic rings. The molecule has 0 N–H and O–H groups in total. The lowest BCUT2D eigenvalue weighted by Gasteiger charge is -2.11. The number of benzene rings is 2. The number of aromatic nitrogens is 2. The van der Waals surface area contributed by atoms with Crippen LogP contribution in [0.1, 0.15) is 5.56 Å². The molecule has 0 radical (unpaired) electrons. The molecular formula is C17H14BrFN2O. The molecule has 0 amide bonds. The van der Waals surface area contributed by atoms with Crippen molar-refractivity contribution < 1.29 is 9.13 Å². The van der Waals surface area contributed by atoms with Crippen LogP contribution in [0.2, 0.25) is 0 Å². The van der Waals surface area contributed by atoms with E-state index in [0.29, 0.717) is 11.0 Å². The van der Waals surface area contributed by atoms with Crippen LogP contribution in [0.4, 0.5) is 4.39 Å². The van der Waals surface area contributed by atoms with Crippen molar-refractivity contribution in [1.29, 1.82) is 0 Å². The zero-order valence-corrected chi connectivity index (χ0v) is 13.5. The third-order valence-electron chi connectivity index (χ3n) is 3.40. The maximum absolute atomic E-state index is 13.3. The molecule has 0 aliphatic heterocycles. The van der Waals surface area contributed by atoms with Crippen molar-refractivity contribution in [2.75, 3.05) is 7.11 Å². The Kier molecular flexibility index (Phi) is 4.24. The van der Waals surface area contributed by atoms with Crippen LogP contribution in [-0.4, -0.2) is 16.7 Å². The highest BCUT2D eigenvalue weighted by Crippen LogP contribution is 2.29. The smallest absolute Gasteiger partial charge is 0.143 e. The Balaban J connectivity index is 1.97. The van der Waals surface area contributed by atoms with E-state index in [2.05, 4.69) is 20.9 Å². The van der Waals surface area contributed by atoms with Gasteiger partial charge in [-0.2, -0.15) is 0 Å². The zero-order valence-electron chi connectivity index (χ0n) is 12.0. The molecule has 1 aromatic heterocycles. The minimum Gasteiger partial charge on any atom is -0.496 e. The molecule has 3 aromatic rings. The van der Waals surface area contributed by atoms with Gasteiger partial charge in [0.25, 0.3) is 0 Å². The van der Waals surface area contributed by atoms with Gasteiger partial charge >= 0.3 is 0 Å². The van der Waals surface area contributed by atoms with Gasteiger partial charge in [0.15, 0.2) is 0 Å². The molecule has 0 saturated carbocycles. The number of methoxy groups -OCH3 is 1. The third kappa shape index (κ3) is 2.90. The van der Waals surface area contributed by atoms with E-state index in [-0.39, 0.29) is 5.82 Å². The van der Waals surface area contributed by atoms with Gasteiger partial charge in [0.1, 0.15) is 17.4 Å². The maximum atomic E-state index is 13.3. The van der Waals surface area contributed by atoms with E-state index < -0.39 is 0 Å². The Morgan fingerprint density at radius 1 is 1.23 bits per heavy atom. The number of imidazole rings is 1. The number of rotatable bonds is 4. The van der Waals surface area contributed by atoms with E-state index >= 15 is 0 Å². The summed E-state index contributed by atoms with van der Waals surface area (Å²) in [6.07, 6.45) is 3.65. The van der Waals surface area contributed by atoms with Gasteiger partial charge in [-0.1, -0.05) is 18.2 Å². The summed E-state index contributed by atoms with van der Waals surface area (Å²) in [4.78, 5) is 4.43. The molecule has 0 atom stereocenters. The summed E-state index contributed by atoms with van der Waals surface area (Å²) >= 11 is 3.22. The number of hydrogen-bond acceptors (Lipinski definition) is 2. The second kappa shape index (κ2) is 6.32. The van der Waals surface area contributed by atoms with Crippen molar-refractivity contribution >= 4 is 15.9 Å². The molecule has 3 nitrogen and oxygen atoms in total. The van der Waals surface area contributed by atoms with E-state index in [1.54, 1.807) is 25.4 Å². The predicted molar refractivity (Wildman–Crippen MR) is 87.4 cm³/mol. The summed E-state index contributed by atoms with van der Waals surface area (Å²) in [5.41, 5.74) is 1.92. The summed E-state index contributed by atoms with van der Waals surface area (Å²) < 4.78 is 21.2. The summed E-state index contributed by atoms with van der Waals surface area (Å²) in [5.74, 6) is 1.33. The predicted octanol–water partition coefficient (Wildman–Crippen LogP) is 4.51. The van der Waals surface area contributed by atoms with Crippen molar-refractivity contribution in [3.63, 3.8) is 0 Å². The number of hydrogen-bond donors (Lipinski definition) is 0. The van der Waals surface area contributed by atoms with Gasteiger partial charge in [-0.15, -0.1) is 0 Å². The molecule has 0 bridgehead atoms. The topological polar surface area (TPSA) is 27.1 Å². The number of nitrogens with zero attached hydrogens (tertiary/aromatic N) is 2. The van der Waals surface area contributed by atoms with E-state index in [0.717, 1.165) is 22.7 Å². The van der Waals surface area contributed by atoms with Gasteiger partial charge in [0.05, 0.1) is 17.1 Å². The van der Waals surface area contributed by atoms with Crippen LogP contribution in [0.5, 0.6) is 5.75 Å². The van der Waals surface area contributed by atoms with Crippen LogP contribution in [0.25, 0.3) is 11.4 Å². The summed E-state index contributed by atoms with van der Waals surface area (Å²) in [5, 5.41) is 0. The standard InChI is InChI=1S/C17H14BrFN2O/c1-22-16-5-3-2-4-13(16)17-20-8-9-21(17)11-12-6-7-15(19)14(18)10-12/h2-10H,11H2,1H3. The van der Waals surface area contributed by atoms with Crippen LogP contribution in [0.15, 0.2) is 59.3 Å². The van der Waals surface area contributed by atoms with Crippen molar-refractivity contribution in [2.45, 2.75) is 6.54 Å². The lowest BCUT2D eigenvalue weighted by atomic mass is 10.1. The summed E-state index contributed by atoms with van der Waals surface area (Å²) in [6, 6.07) is 12.8. The number of ether oxygens (including phenoxy) is 1. The van der Waals surface area contributed by atoms with Gasteiger partial charge in [0, 0.05) is 18.9 Å². The molecule has 2 aromatic carbocycles. The van der Waals surface area contributed by atoms with Crippen LogP contribution in [0, 0.1) is 5.82 Å². The van der Waals surface area contributed by atoms with Gasteiger partial charge in [-0.05, 0) is 45.8 Å². The first-order chi connectivity index (χ1) is 10.7. The quantitative estimate of drug-likeness (QED) is 0.684. The van der Waals surface area contributed by atoms with Crippen molar-refractivity contribution in [2.24, 2.45) is 0 Å². The van der Waals surface area contributed by atoms with Crippen LogP contribution in [0.3, 0.4) is 0 Å². The Hall–Kier alpha value is -2.14. The first kappa shape index (κ1) is 14.8. The fraction of sp³-hybridized carbons (Fsp3) is 0.118. The minimum absolute atomic E-state index is 0.265. The normalized spacial score (nSPS) is 10.7. The summed E-state index contributed by atoms with van der Waals surface area (Å²) in [7, 11) is 1.64. The second-order valence-electron chi connectivity index (χ2n) is 4.83. The SMILES string of the molecule is COc1ccccc1-c1nccn1Cc1ccc(F)c(Br)c1. The van der Waals surface area contributed by atoms with Gasteiger partial charge in [-0.3, -0.25) is 0 Å². The first-order valence-corrected chi connectivity index (χ1v) is 7.57. The van der Waals surface area contributed by atoms with Gasteiger partial charge in [0.2, 0.25) is 0 Å². The molecule has 5 heteroatoms. The number of halogens is 2. The molecule has 22 heavy (non-hydrogen) atoms.